The molecule has 2 aromatic rings. The molecule has 0 spiro atoms. The summed E-state index contributed by atoms with van der Waals surface area (Å²) in [6.45, 7) is 3.69. The fourth-order valence-corrected chi connectivity index (χ4v) is 1.80. The Hall–Kier alpha value is -1.82. The number of benzene rings is 1. The van der Waals surface area contributed by atoms with Crippen LogP contribution in [0, 0.1) is 11.6 Å². The van der Waals surface area contributed by atoms with Gasteiger partial charge in [-0.2, -0.15) is 5.10 Å². The number of hydrogen-bond donors (Lipinski definition) is 1. The van der Waals surface area contributed by atoms with Crippen molar-refractivity contribution in [3.63, 3.8) is 0 Å². The highest BCUT2D eigenvalue weighted by molar-refractivity contribution is 5.18. The number of halogens is 2. The van der Waals surface area contributed by atoms with Gasteiger partial charge in [0.1, 0.15) is 23.8 Å². The summed E-state index contributed by atoms with van der Waals surface area (Å²) in [5, 5.41) is 7.18. The Morgan fingerprint density at radius 1 is 1.26 bits per heavy atom. The fourth-order valence-electron chi connectivity index (χ4n) is 1.80. The van der Waals surface area contributed by atoms with Crippen molar-refractivity contribution in [3.05, 3.63) is 47.5 Å². The van der Waals surface area contributed by atoms with E-state index >= 15 is 0 Å². The molecule has 1 aromatic carbocycles. The Bertz CT molecular complexity index is 539. The summed E-state index contributed by atoms with van der Waals surface area (Å²) >= 11 is 0. The van der Waals surface area contributed by atoms with Crippen LogP contribution < -0.4 is 5.32 Å². The molecule has 0 unspecified atom stereocenters. The molecule has 0 atom stereocenters. The maximum absolute atomic E-state index is 13.4. The molecule has 1 N–H and O–H groups in total. The highest BCUT2D eigenvalue weighted by Crippen LogP contribution is 2.09. The van der Waals surface area contributed by atoms with Crippen LogP contribution in [-0.4, -0.2) is 14.8 Å². The van der Waals surface area contributed by atoms with Gasteiger partial charge in [-0.3, -0.25) is 0 Å². The molecule has 0 saturated carbocycles. The van der Waals surface area contributed by atoms with Crippen LogP contribution in [0.15, 0.2) is 24.5 Å². The van der Waals surface area contributed by atoms with Crippen LogP contribution in [0.1, 0.15) is 24.7 Å². The molecule has 6 heteroatoms. The third-order valence-corrected chi connectivity index (χ3v) is 2.74. The third kappa shape index (κ3) is 3.57. The molecule has 0 aliphatic rings. The average Bonchev–Trinajstić information content (AvgIpc) is 2.80. The van der Waals surface area contributed by atoms with Gasteiger partial charge in [-0.1, -0.05) is 13.0 Å². The number of hydrogen-bond acceptors (Lipinski definition) is 3. The second-order valence-electron chi connectivity index (χ2n) is 4.24. The molecular weight excluding hydrogens is 250 g/mol. The zero-order valence-electron chi connectivity index (χ0n) is 10.7. The Labute approximate surface area is 110 Å². The summed E-state index contributed by atoms with van der Waals surface area (Å²) in [4.78, 5) is 4.14. The van der Waals surface area contributed by atoms with E-state index in [4.69, 9.17) is 0 Å². The van der Waals surface area contributed by atoms with Gasteiger partial charge >= 0.3 is 0 Å². The van der Waals surface area contributed by atoms with Crippen molar-refractivity contribution >= 4 is 0 Å². The van der Waals surface area contributed by atoms with Crippen LogP contribution in [-0.2, 0) is 19.6 Å². The third-order valence-electron chi connectivity index (χ3n) is 2.74. The maximum atomic E-state index is 13.4. The summed E-state index contributed by atoms with van der Waals surface area (Å²) in [6.07, 6.45) is 2.48. The number of nitrogens with one attached hydrogen (secondary N) is 1. The highest BCUT2D eigenvalue weighted by atomic mass is 19.1. The summed E-state index contributed by atoms with van der Waals surface area (Å²) in [5.41, 5.74) is 0.433. The van der Waals surface area contributed by atoms with E-state index in [1.54, 1.807) is 0 Å². The minimum atomic E-state index is -0.566. The van der Waals surface area contributed by atoms with Gasteiger partial charge in [0, 0.05) is 24.7 Å². The normalized spacial score (nSPS) is 10.9. The molecule has 0 fully saturated rings. The molecule has 0 aliphatic heterocycles. The number of aryl methyl sites for hydroxylation is 1. The Kier molecular flexibility index (Phi) is 4.57. The van der Waals surface area contributed by atoms with E-state index in [2.05, 4.69) is 22.3 Å². The van der Waals surface area contributed by atoms with E-state index in [0.29, 0.717) is 18.7 Å². The summed E-state index contributed by atoms with van der Waals surface area (Å²) in [5.74, 6) is -0.296. The summed E-state index contributed by atoms with van der Waals surface area (Å²) in [7, 11) is 0. The molecule has 4 nitrogen and oxygen atoms in total. The number of nitrogens with zero attached hydrogens (tertiary/aromatic N) is 3. The Balaban J connectivity index is 1.91. The summed E-state index contributed by atoms with van der Waals surface area (Å²) in [6, 6.07) is 3.57. The number of rotatable bonds is 6. The van der Waals surface area contributed by atoms with Crippen LogP contribution in [0.25, 0.3) is 0 Å². The van der Waals surface area contributed by atoms with Crippen LogP contribution in [0.3, 0.4) is 0 Å². The zero-order chi connectivity index (χ0) is 13.7. The van der Waals surface area contributed by atoms with Gasteiger partial charge in [-0.05, 0) is 12.5 Å². The second-order valence-corrected chi connectivity index (χ2v) is 4.24. The Morgan fingerprint density at radius 3 is 2.84 bits per heavy atom. The molecule has 0 radical (unpaired) electrons. The first-order chi connectivity index (χ1) is 9.20. The van der Waals surface area contributed by atoms with E-state index in [1.165, 1.54) is 18.5 Å². The smallest absolute Gasteiger partial charge is 0.140 e. The molecule has 102 valence electrons. The van der Waals surface area contributed by atoms with Gasteiger partial charge < -0.3 is 5.32 Å². The second kappa shape index (κ2) is 6.38. The monoisotopic (exact) mass is 266 g/mol. The molecule has 19 heavy (non-hydrogen) atoms. The lowest BCUT2D eigenvalue weighted by atomic mass is 10.2. The minimum absolute atomic E-state index is 0.325. The molecule has 0 amide bonds. The molecule has 1 aromatic heterocycles. The van der Waals surface area contributed by atoms with Crippen molar-refractivity contribution in [2.75, 3.05) is 0 Å². The molecule has 2 rings (SSSR count). The molecular formula is C13H16F2N4. The van der Waals surface area contributed by atoms with E-state index in [1.807, 2.05) is 4.68 Å². The van der Waals surface area contributed by atoms with Gasteiger partial charge in [-0.15, -0.1) is 0 Å². The molecule has 0 aliphatic carbocycles. The van der Waals surface area contributed by atoms with Crippen LogP contribution in [0.5, 0.6) is 0 Å². The van der Waals surface area contributed by atoms with Crippen molar-refractivity contribution < 1.29 is 8.78 Å². The number of aromatic nitrogens is 3. The van der Waals surface area contributed by atoms with Crippen LogP contribution in [0.2, 0.25) is 0 Å². The van der Waals surface area contributed by atoms with Crippen molar-refractivity contribution in [1.82, 2.24) is 20.1 Å². The topological polar surface area (TPSA) is 42.7 Å². The molecule has 0 bridgehead atoms. The first-order valence-corrected chi connectivity index (χ1v) is 6.22. The highest BCUT2D eigenvalue weighted by Gasteiger charge is 2.05. The van der Waals surface area contributed by atoms with Gasteiger partial charge in [0.2, 0.25) is 0 Å². The predicted molar refractivity (Wildman–Crippen MR) is 67.2 cm³/mol. The van der Waals surface area contributed by atoms with Crippen molar-refractivity contribution in [1.29, 1.82) is 0 Å². The average molecular weight is 266 g/mol. The maximum Gasteiger partial charge on any atom is 0.140 e. The van der Waals surface area contributed by atoms with Gasteiger partial charge in [-0.25, -0.2) is 18.4 Å². The van der Waals surface area contributed by atoms with Crippen molar-refractivity contribution in [2.45, 2.75) is 33.0 Å². The lowest BCUT2D eigenvalue weighted by molar-refractivity contribution is 0.530. The first kappa shape index (κ1) is 13.6. The van der Waals surface area contributed by atoms with Gasteiger partial charge in [0.05, 0.1) is 6.54 Å². The zero-order valence-corrected chi connectivity index (χ0v) is 10.7. The van der Waals surface area contributed by atoms with Crippen LogP contribution >= 0.6 is 0 Å². The minimum Gasteiger partial charge on any atom is -0.306 e. The lowest BCUT2D eigenvalue weighted by Crippen LogP contribution is -2.18. The van der Waals surface area contributed by atoms with E-state index in [-0.39, 0.29) is 0 Å². The quantitative estimate of drug-likeness (QED) is 0.872. The SMILES string of the molecule is CCCn1ncnc1CNCc1ccc(F)cc1F. The largest absolute Gasteiger partial charge is 0.306 e. The first-order valence-electron chi connectivity index (χ1n) is 6.22. The van der Waals surface area contributed by atoms with Crippen molar-refractivity contribution in [2.24, 2.45) is 0 Å². The van der Waals surface area contributed by atoms with Crippen LogP contribution in [0.4, 0.5) is 8.78 Å². The van der Waals surface area contributed by atoms with Crippen molar-refractivity contribution in [3.8, 4) is 0 Å². The lowest BCUT2D eigenvalue weighted by Gasteiger charge is -2.07. The Morgan fingerprint density at radius 2 is 2.11 bits per heavy atom. The fraction of sp³-hybridized carbons (Fsp3) is 0.385. The van der Waals surface area contributed by atoms with Gasteiger partial charge in [0.25, 0.3) is 0 Å². The molecule has 0 saturated heterocycles. The summed E-state index contributed by atoms with van der Waals surface area (Å²) < 4.78 is 28.0. The van der Waals surface area contributed by atoms with Gasteiger partial charge in [0.15, 0.2) is 0 Å². The predicted octanol–water partition coefficient (Wildman–Crippen LogP) is 2.26. The van der Waals surface area contributed by atoms with E-state index in [9.17, 15) is 8.78 Å². The van der Waals surface area contributed by atoms with E-state index < -0.39 is 11.6 Å². The standard InChI is InChI=1S/C13H16F2N4/c1-2-5-19-13(17-9-18-19)8-16-7-10-3-4-11(14)6-12(10)15/h3-4,6,9,16H,2,5,7-8H2,1H3. The van der Waals surface area contributed by atoms with E-state index in [0.717, 1.165) is 24.9 Å². The molecule has 1 heterocycles.